The molecule has 20 heavy (non-hydrogen) atoms. The minimum Gasteiger partial charge on any atom is -0.480 e. The highest BCUT2D eigenvalue weighted by Crippen LogP contribution is 2.15. The summed E-state index contributed by atoms with van der Waals surface area (Å²) in [7, 11) is 0. The zero-order valence-electron chi connectivity index (χ0n) is 10.7. The second-order valence-corrected chi connectivity index (χ2v) is 4.50. The van der Waals surface area contributed by atoms with Crippen molar-refractivity contribution >= 4 is 22.6 Å². The number of benzene rings is 2. The van der Waals surface area contributed by atoms with Gasteiger partial charge in [0.05, 0.1) is 13.0 Å². The van der Waals surface area contributed by atoms with Gasteiger partial charge in [-0.3, -0.25) is 4.79 Å². The molecule has 104 valence electrons. The van der Waals surface area contributed by atoms with Gasteiger partial charge < -0.3 is 15.5 Å². The number of rotatable bonds is 5. The van der Waals surface area contributed by atoms with Gasteiger partial charge in [0.1, 0.15) is 6.04 Å². The lowest BCUT2D eigenvalue weighted by atomic mass is 10.0. The van der Waals surface area contributed by atoms with Crippen LogP contribution in [-0.2, 0) is 16.0 Å². The Balaban J connectivity index is 2.07. The van der Waals surface area contributed by atoms with Gasteiger partial charge in [0, 0.05) is 0 Å². The first kappa shape index (κ1) is 14.0. The Kier molecular flexibility index (Phi) is 4.32. The standard InChI is InChI=1S/C15H15NO4/c17-9-13(15(19)20)16-14(18)8-10-5-6-11-3-1-2-4-12(11)7-10/h1-7,13,17H,8-9H2,(H,16,18)(H,19,20)/t13-/m0/s1. The summed E-state index contributed by atoms with van der Waals surface area (Å²) in [5.74, 6) is -1.68. The number of hydrogen-bond donors (Lipinski definition) is 3. The molecule has 5 nitrogen and oxygen atoms in total. The van der Waals surface area contributed by atoms with Crippen molar-refractivity contribution in [3.8, 4) is 0 Å². The zero-order chi connectivity index (χ0) is 14.5. The molecule has 3 N–H and O–H groups in total. The SMILES string of the molecule is O=C(Cc1ccc2ccccc2c1)N[C@@H](CO)C(=O)O. The Morgan fingerprint density at radius 3 is 2.45 bits per heavy atom. The molecule has 0 radical (unpaired) electrons. The van der Waals surface area contributed by atoms with Gasteiger partial charge in [-0.05, 0) is 16.3 Å². The predicted octanol–water partition coefficient (Wildman–Crippen LogP) is 0.944. The van der Waals surface area contributed by atoms with E-state index in [0.29, 0.717) is 0 Å². The summed E-state index contributed by atoms with van der Waals surface area (Å²) < 4.78 is 0. The number of carboxylic acid groups (broad SMARTS) is 1. The van der Waals surface area contributed by atoms with Gasteiger partial charge >= 0.3 is 5.97 Å². The van der Waals surface area contributed by atoms with Crippen LogP contribution in [0.1, 0.15) is 5.56 Å². The molecule has 1 atom stereocenters. The number of fused-ring (bicyclic) bond motifs is 1. The lowest BCUT2D eigenvalue weighted by Gasteiger charge is -2.11. The van der Waals surface area contributed by atoms with Crippen LogP contribution in [0.15, 0.2) is 42.5 Å². The average molecular weight is 273 g/mol. The van der Waals surface area contributed by atoms with Crippen LogP contribution in [0.4, 0.5) is 0 Å². The van der Waals surface area contributed by atoms with Crippen molar-refractivity contribution in [1.29, 1.82) is 0 Å². The molecular weight excluding hydrogens is 258 g/mol. The van der Waals surface area contributed by atoms with E-state index in [1.807, 2.05) is 42.5 Å². The first-order valence-corrected chi connectivity index (χ1v) is 6.21. The maximum Gasteiger partial charge on any atom is 0.328 e. The second kappa shape index (κ2) is 6.16. The fraction of sp³-hybridized carbons (Fsp3) is 0.200. The number of hydrogen-bond acceptors (Lipinski definition) is 3. The Bertz CT molecular complexity index is 639. The third-order valence-corrected chi connectivity index (χ3v) is 2.99. The van der Waals surface area contributed by atoms with E-state index in [4.69, 9.17) is 10.2 Å². The largest absolute Gasteiger partial charge is 0.480 e. The highest BCUT2D eigenvalue weighted by atomic mass is 16.4. The highest BCUT2D eigenvalue weighted by Gasteiger charge is 2.18. The highest BCUT2D eigenvalue weighted by molar-refractivity contribution is 5.87. The molecule has 0 bridgehead atoms. The summed E-state index contributed by atoms with van der Waals surface area (Å²) in [5, 5.41) is 22.0. The molecule has 1 amide bonds. The molecule has 0 fully saturated rings. The number of nitrogens with one attached hydrogen (secondary N) is 1. The van der Waals surface area contributed by atoms with Crippen molar-refractivity contribution < 1.29 is 19.8 Å². The third-order valence-electron chi connectivity index (χ3n) is 2.99. The predicted molar refractivity (Wildman–Crippen MR) is 74.3 cm³/mol. The van der Waals surface area contributed by atoms with Gasteiger partial charge in [0.15, 0.2) is 0 Å². The van der Waals surface area contributed by atoms with Crippen LogP contribution >= 0.6 is 0 Å². The molecule has 0 spiro atoms. The van der Waals surface area contributed by atoms with Crippen LogP contribution < -0.4 is 5.32 Å². The number of aliphatic carboxylic acids is 1. The van der Waals surface area contributed by atoms with E-state index >= 15 is 0 Å². The van der Waals surface area contributed by atoms with Crippen molar-refractivity contribution in [3.05, 3.63) is 48.0 Å². The molecular formula is C15H15NO4. The molecule has 0 aliphatic rings. The number of amides is 1. The molecule has 0 saturated carbocycles. The molecule has 0 aliphatic heterocycles. The quantitative estimate of drug-likeness (QED) is 0.757. The van der Waals surface area contributed by atoms with E-state index < -0.39 is 24.5 Å². The van der Waals surface area contributed by atoms with Crippen molar-refractivity contribution in [1.82, 2.24) is 5.32 Å². The third kappa shape index (κ3) is 3.33. The number of aliphatic hydroxyl groups is 1. The molecule has 2 aromatic rings. The van der Waals surface area contributed by atoms with Gasteiger partial charge in [-0.2, -0.15) is 0 Å². The summed E-state index contributed by atoms with van der Waals surface area (Å²) in [6, 6.07) is 12.2. The summed E-state index contributed by atoms with van der Waals surface area (Å²) in [6.45, 7) is -0.626. The van der Waals surface area contributed by atoms with Gasteiger partial charge in [0.2, 0.25) is 5.91 Å². The Hall–Kier alpha value is -2.40. The van der Waals surface area contributed by atoms with Crippen LogP contribution in [-0.4, -0.2) is 34.7 Å². The van der Waals surface area contributed by atoms with E-state index in [1.165, 1.54) is 0 Å². The van der Waals surface area contributed by atoms with Crippen LogP contribution in [0.25, 0.3) is 10.8 Å². The van der Waals surface area contributed by atoms with Gasteiger partial charge in [-0.25, -0.2) is 4.79 Å². The molecule has 0 saturated heterocycles. The smallest absolute Gasteiger partial charge is 0.328 e. The average Bonchev–Trinajstić information content (AvgIpc) is 2.44. The fourth-order valence-electron chi connectivity index (χ4n) is 1.96. The first-order chi connectivity index (χ1) is 9.60. The van der Waals surface area contributed by atoms with Crippen molar-refractivity contribution in [2.45, 2.75) is 12.5 Å². The lowest BCUT2D eigenvalue weighted by molar-refractivity contribution is -0.142. The fourth-order valence-corrected chi connectivity index (χ4v) is 1.96. The minimum atomic E-state index is -1.26. The summed E-state index contributed by atoms with van der Waals surface area (Å²) in [6.07, 6.45) is 0.0780. The topological polar surface area (TPSA) is 86.6 Å². The van der Waals surface area contributed by atoms with E-state index in [-0.39, 0.29) is 6.42 Å². The van der Waals surface area contributed by atoms with Crippen LogP contribution in [0.5, 0.6) is 0 Å². The number of carbonyl (C=O) groups excluding carboxylic acids is 1. The normalized spacial score (nSPS) is 12.1. The van der Waals surface area contributed by atoms with Crippen LogP contribution in [0.3, 0.4) is 0 Å². The first-order valence-electron chi connectivity index (χ1n) is 6.21. The van der Waals surface area contributed by atoms with Crippen molar-refractivity contribution in [3.63, 3.8) is 0 Å². The summed E-state index contributed by atoms with van der Waals surface area (Å²) >= 11 is 0. The monoisotopic (exact) mass is 273 g/mol. The zero-order valence-corrected chi connectivity index (χ0v) is 10.7. The molecule has 2 rings (SSSR count). The van der Waals surface area contributed by atoms with E-state index in [0.717, 1.165) is 16.3 Å². The van der Waals surface area contributed by atoms with E-state index in [9.17, 15) is 9.59 Å². The number of carbonyl (C=O) groups is 2. The Morgan fingerprint density at radius 1 is 1.10 bits per heavy atom. The minimum absolute atomic E-state index is 0.0780. The van der Waals surface area contributed by atoms with Crippen LogP contribution in [0, 0.1) is 0 Å². The van der Waals surface area contributed by atoms with Crippen LogP contribution in [0.2, 0.25) is 0 Å². The summed E-state index contributed by atoms with van der Waals surface area (Å²) in [4.78, 5) is 22.5. The maximum absolute atomic E-state index is 11.7. The summed E-state index contributed by atoms with van der Waals surface area (Å²) in [5.41, 5.74) is 0.795. The van der Waals surface area contributed by atoms with E-state index in [2.05, 4.69) is 5.32 Å². The number of aliphatic hydroxyl groups excluding tert-OH is 1. The van der Waals surface area contributed by atoms with Gasteiger partial charge in [0.25, 0.3) is 0 Å². The number of carboxylic acids is 1. The molecule has 0 aromatic heterocycles. The molecule has 0 unspecified atom stereocenters. The van der Waals surface area contributed by atoms with Gasteiger partial charge in [-0.15, -0.1) is 0 Å². The molecule has 2 aromatic carbocycles. The second-order valence-electron chi connectivity index (χ2n) is 4.50. The van der Waals surface area contributed by atoms with E-state index in [1.54, 1.807) is 0 Å². The molecule has 0 heterocycles. The van der Waals surface area contributed by atoms with Gasteiger partial charge in [-0.1, -0.05) is 42.5 Å². The molecule has 0 aliphatic carbocycles. The molecule has 5 heteroatoms. The van der Waals surface area contributed by atoms with Crippen molar-refractivity contribution in [2.24, 2.45) is 0 Å². The Morgan fingerprint density at radius 2 is 1.80 bits per heavy atom. The maximum atomic E-state index is 11.7. The van der Waals surface area contributed by atoms with Crippen molar-refractivity contribution in [2.75, 3.05) is 6.61 Å². The lowest BCUT2D eigenvalue weighted by Crippen LogP contribution is -2.43. The Labute approximate surface area is 115 Å².